The van der Waals surface area contributed by atoms with Gasteiger partial charge in [-0.3, -0.25) is 9.80 Å². The molecule has 0 saturated carbocycles. The summed E-state index contributed by atoms with van der Waals surface area (Å²) in [5, 5.41) is 11.5. The van der Waals surface area contributed by atoms with Crippen molar-refractivity contribution in [3.8, 4) is 51.7 Å². The van der Waals surface area contributed by atoms with Gasteiger partial charge in [0.25, 0.3) is 0 Å². The van der Waals surface area contributed by atoms with Crippen LogP contribution >= 0.6 is 24.0 Å². The number of hydrogen-bond acceptors (Lipinski definition) is 9. The highest BCUT2D eigenvalue weighted by Gasteiger charge is 2.37. The van der Waals surface area contributed by atoms with Crippen molar-refractivity contribution in [2.45, 2.75) is 37.8 Å². The summed E-state index contributed by atoms with van der Waals surface area (Å²) in [6, 6.07) is 18.5. The van der Waals surface area contributed by atoms with Crippen LogP contribution in [0.15, 0.2) is 54.6 Å². The molecule has 0 aromatic heterocycles. The maximum absolute atomic E-state index is 11.5. The van der Waals surface area contributed by atoms with Gasteiger partial charge in [-0.1, -0.05) is 18.2 Å². The Labute approximate surface area is 299 Å². The lowest BCUT2D eigenvalue weighted by Crippen LogP contribution is -2.34. The van der Waals surface area contributed by atoms with Crippen molar-refractivity contribution in [1.82, 2.24) is 9.80 Å². The zero-order chi connectivity index (χ0) is 32.8. The van der Waals surface area contributed by atoms with E-state index in [0.717, 1.165) is 53.9 Å². The number of fused-ring (bicyclic) bond motifs is 2. The van der Waals surface area contributed by atoms with E-state index < -0.39 is 0 Å². The van der Waals surface area contributed by atoms with E-state index in [1.165, 1.54) is 11.1 Å². The summed E-state index contributed by atoms with van der Waals surface area (Å²) in [6.45, 7) is 1.67. The fourth-order valence-electron chi connectivity index (χ4n) is 7.38. The average molecular weight is 767 g/mol. The number of nitrogens with zero attached hydrogens (tertiary/aromatic N) is 2. The van der Waals surface area contributed by atoms with Crippen LogP contribution in [0.1, 0.15) is 45.5 Å². The summed E-state index contributed by atoms with van der Waals surface area (Å²) in [5.74, 6) is 4.53. The van der Waals surface area contributed by atoms with E-state index in [2.05, 4.69) is 60.3 Å². The van der Waals surface area contributed by atoms with Crippen LogP contribution in [-0.2, 0) is 25.7 Å². The topological polar surface area (TPSA) is 82.1 Å². The van der Waals surface area contributed by atoms with Gasteiger partial charge in [0.2, 0.25) is 11.5 Å². The summed E-state index contributed by atoms with van der Waals surface area (Å²) in [6.07, 6.45) is 2.95. The number of rotatable bonds is 4. The predicted molar refractivity (Wildman–Crippen MR) is 195 cm³/mol. The number of benzene rings is 4. The molecule has 0 spiro atoms. The molecule has 4 heterocycles. The number of phenols is 1. The van der Waals surface area contributed by atoms with E-state index in [4.69, 9.17) is 28.4 Å². The van der Waals surface area contributed by atoms with Crippen LogP contribution in [0, 0.1) is 0 Å². The van der Waals surface area contributed by atoms with Crippen molar-refractivity contribution in [2.75, 3.05) is 55.6 Å². The lowest BCUT2D eigenvalue weighted by Gasteiger charge is -2.37. The lowest BCUT2D eigenvalue weighted by molar-refractivity contribution is 0.216. The van der Waals surface area contributed by atoms with E-state index >= 15 is 0 Å². The van der Waals surface area contributed by atoms with E-state index in [1.54, 1.807) is 28.4 Å². The van der Waals surface area contributed by atoms with E-state index in [-0.39, 0.29) is 47.6 Å². The molecule has 0 unspecified atom stereocenters. The molecule has 2 atom stereocenters. The van der Waals surface area contributed by atoms with E-state index in [9.17, 15) is 5.11 Å². The van der Waals surface area contributed by atoms with Crippen molar-refractivity contribution in [3.63, 3.8) is 0 Å². The van der Waals surface area contributed by atoms with Crippen LogP contribution in [0.25, 0.3) is 0 Å². The zero-order valence-electron chi connectivity index (χ0n) is 28.3. The first-order valence-corrected chi connectivity index (χ1v) is 16.1. The molecule has 4 aromatic rings. The van der Waals surface area contributed by atoms with Gasteiger partial charge in [-0.25, -0.2) is 0 Å². The van der Waals surface area contributed by atoms with Crippen molar-refractivity contribution >= 4 is 24.0 Å². The van der Waals surface area contributed by atoms with Crippen molar-refractivity contribution in [2.24, 2.45) is 0 Å². The second-order valence-corrected chi connectivity index (χ2v) is 12.6. The fraction of sp³-hybridized carbons (Fsp3) is 0.368. The van der Waals surface area contributed by atoms with Gasteiger partial charge < -0.3 is 33.5 Å². The predicted octanol–water partition coefficient (Wildman–Crippen LogP) is 7.49. The van der Waals surface area contributed by atoms with E-state index in [0.29, 0.717) is 47.3 Å². The third-order valence-corrected chi connectivity index (χ3v) is 9.97. The molecular weight excluding hydrogens is 723 g/mol. The minimum Gasteiger partial charge on any atom is -0.504 e. The van der Waals surface area contributed by atoms with Gasteiger partial charge in [-0.2, -0.15) is 0 Å². The Morgan fingerprint density at radius 1 is 0.688 bits per heavy atom. The molecule has 4 aliphatic rings. The summed E-state index contributed by atoms with van der Waals surface area (Å²) >= 11 is 0. The van der Waals surface area contributed by atoms with Gasteiger partial charge in [-0.05, 0) is 98.4 Å². The Bertz CT molecular complexity index is 1810. The van der Waals surface area contributed by atoms with Crippen LogP contribution in [0.4, 0.5) is 0 Å². The van der Waals surface area contributed by atoms with Crippen molar-refractivity contribution < 1.29 is 33.5 Å². The minimum atomic E-state index is -0.121. The highest BCUT2D eigenvalue weighted by Crippen LogP contribution is 2.56. The van der Waals surface area contributed by atoms with Crippen LogP contribution in [0.3, 0.4) is 0 Å². The quantitative estimate of drug-likeness (QED) is 0.213. The Kier molecular flexibility index (Phi) is 9.87. The van der Waals surface area contributed by atoms with Gasteiger partial charge in [0.15, 0.2) is 34.5 Å². The standard InChI is InChI=1S/C38H42N2O7.HI/c1-39-15-13-24-20-31(43-4)33-21-27(24)28(39)18-23-9-12-30(42-3)32(19-23)46-25-10-7-22(8-11-25)17-29-34-26(14-16-40(29)2)35(41)37(44-5)38(45-6)36(34)47-33;/h7-12,19-21,28-29,41H,13-18H2,1-6H3;1H/t28-,29-;/m0./s1. The van der Waals surface area contributed by atoms with Crippen molar-refractivity contribution in [1.29, 1.82) is 0 Å². The SMILES string of the molecule is COc1ccc2cc1Oc1ccc(cc1)C[C@H]1c3c(c(O)c(OC)c(OC)c3Oc3cc4c(cc3OC)CCN(C)[C@H]4C2)CCN1C.I. The maximum Gasteiger partial charge on any atom is 0.208 e. The summed E-state index contributed by atoms with van der Waals surface area (Å²) in [7, 11) is 10.7. The Balaban J connectivity index is 0.00000401. The van der Waals surface area contributed by atoms with Gasteiger partial charge in [0, 0.05) is 36.3 Å². The zero-order valence-corrected chi connectivity index (χ0v) is 30.6. The number of methoxy groups -OCH3 is 4. The van der Waals surface area contributed by atoms with Crippen LogP contribution in [0.5, 0.6) is 51.7 Å². The number of halogens is 1. The monoisotopic (exact) mass is 766 g/mol. The number of aromatic hydroxyl groups is 1. The first kappa shape index (κ1) is 34.0. The molecule has 0 fully saturated rings. The molecule has 10 heteroatoms. The first-order valence-electron chi connectivity index (χ1n) is 16.1. The molecular formula is C38H43IN2O7. The molecule has 4 aliphatic heterocycles. The second kappa shape index (κ2) is 13.9. The number of likely N-dealkylation sites (N-methyl/N-ethyl adjacent to an activating group) is 2. The third kappa shape index (κ3) is 5.98. The normalized spacial score (nSPS) is 18.6. The Hall–Kier alpha value is -3.87. The molecule has 48 heavy (non-hydrogen) atoms. The minimum absolute atomic E-state index is 0. The van der Waals surface area contributed by atoms with Gasteiger partial charge in [0.1, 0.15) is 5.75 Å². The summed E-state index contributed by atoms with van der Waals surface area (Å²) in [5.41, 5.74) is 6.33. The van der Waals surface area contributed by atoms with Gasteiger partial charge >= 0.3 is 0 Å². The smallest absolute Gasteiger partial charge is 0.208 e. The molecule has 0 saturated heterocycles. The average Bonchev–Trinajstić information content (AvgIpc) is 3.08. The van der Waals surface area contributed by atoms with Crippen LogP contribution < -0.4 is 28.4 Å². The second-order valence-electron chi connectivity index (χ2n) is 12.6. The molecule has 0 amide bonds. The number of phenolic OH excluding ortho intramolecular Hbond substituents is 1. The number of hydrogen-bond donors (Lipinski definition) is 1. The largest absolute Gasteiger partial charge is 0.504 e. The highest BCUT2D eigenvalue weighted by atomic mass is 127. The molecule has 254 valence electrons. The number of ether oxygens (including phenoxy) is 6. The fourth-order valence-corrected chi connectivity index (χ4v) is 7.38. The molecule has 6 bridgehead atoms. The van der Waals surface area contributed by atoms with E-state index in [1.807, 2.05) is 18.2 Å². The Morgan fingerprint density at radius 3 is 2.04 bits per heavy atom. The van der Waals surface area contributed by atoms with Gasteiger partial charge in [0.05, 0.1) is 28.4 Å². The molecule has 1 N–H and O–H groups in total. The third-order valence-electron chi connectivity index (χ3n) is 9.97. The summed E-state index contributed by atoms with van der Waals surface area (Å²) in [4.78, 5) is 4.69. The van der Waals surface area contributed by atoms with Gasteiger partial charge in [-0.15, -0.1) is 24.0 Å². The first-order chi connectivity index (χ1) is 22.8. The van der Waals surface area contributed by atoms with Crippen molar-refractivity contribution in [3.05, 3.63) is 88.0 Å². The maximum atomic E-state index is 11.5. The molecule has 9 nitrogen and oxygen atoms in total. The van der Waals surface area contributed by atoms with Crippen LogP contribution in [0.2, 0.25) is 0 Å². The molecule has 0 radical (unpaired) electrons. The molecule has 0 aliphatic carbocycles. The highest BCUT2D eigenvalue weighted by molar-refractivity contribution is 14.0. The molecule has 8 rings (SSSR count). The van der Waals surface area contributed by atoms with Crippen LogP contribution in [-0.4, -0.2) is 70.5 Å². The summed E-state index contributed by atoms with van der Waals surface area (Å²) < 4.78 is 36.7. The molecule has 4 aromatic carbocycles. The Morgan fingerprint density at radius 2 is 1.33 bits per heavy atom. The lowest BCUT2D eigenvalue weighted by atomic mass is 9.86.